The average molecular weight is 406 g/mol. The normalized spacial score (nSPS) is 50.7. The van der Waals surface area contributed by atoms with Crippen LogP contribution < -0.4 is 0 Å². The van der Waals surface area contributed by atoms with Crippen LogP contribution >= 0.6 is 0 Å². The zero-order chi connectivity index (χ0) is 20.9. The molecule has 0 aromatic carbocycles. The summed E-state index contributed by atoms with van der Waals surface area (Å²) < 4.78 is 21.7. The Morgan fingerprint density at radius 3 is 2.46 bits per heavy atom. The van der Waals surface area contributed by atoms with Crippen molar-refractivity contribution in [3.8, 4) is 0 Å². The third kappa shape index (κ3) is 3.42. The van der Waals surface area contributed by atoms with Gasteiger partial charge in [0, 0.05) is 13.3 Å². The molecule has 0 bridgehead atoms. The molecule has 11 nitrogen and oxygen atoms in total. The summed E-state index contributed by atoms with van der Waals surface area (Å²) in [5, 5.41) is 60.6. The summed E-state index contributed by atoms with van der Waals surface area (Å²) in [5.74, 6) is -1.74. The maximum Gasteiger partial charge on any atom is 0.303 e. The number of aliphatic hydroxyl groups is 6. The molecule has 3 aliphatic rings. The van der Waals surface area contributed by atoms with E-state index >= 15 is 0 Å². The van der Waals surface area contributed by atoms with Crippen molar-refractivity contribution >= 4 is 5.97 Å². The molecule has 0 aromatic rings. The Morgan fingerprint density at radius 1 is 1.18 bits per heavy atom. The van der Waals surface area contributed by atoms with E-state index in [2.05, 4.69) is 0 Å². The van der Waals surface area contributed by atoms with Gasteiger partial charge >= 0.3 is 5.97 Å². The third-order valence-electron chi connectivity index (χ3n) is 5.60. The molecule has 2 heterocycles. The summed E-state index contributed by atoms with van der Waals surface area (Å²) in [6.07, 6.45) is -8.06. The molecule has 0 spiro atoms. The second-order valence-corrected chi connectivity index (χ2v) is 7.63. The molecule has 2 aliphatic heterocycles. The predicted octanol–water partition coefficient (Wildman–Crippen LogP) is -2.89. The van der Waals surface area contributed by atoms with Crippen molar-refractivity contribution in [1.29, 1.82) is 0 Å². The van der Waals surface area contributed by atoms with Crippen molar-refractivity contribution in [2.24, 2.45) is 5.92 Å². The Bertz CT molecular complexity index is 624. The van der Waals surface area contributed by atoms with Crippen LogP contribution in [0.1, 0.15) is 20.3 Å². The van der Waals surface area contributed by atoms with Crippen LogP contribution in [0.4, 0.5) is 0 Å². The fourth-order valence-electron chi connectivity index (χ4n) is 4.25. The van der Waals surface area contributed by atoms with Crippen molar-refractivity contribution < 1.29 is 54.4 Å². The molecule has 1 saturated carbocycles. The minimum atomic E-state index is -1.85. The number of hydrogen-bond acceptors (Lipinski definition) is 11. The molecule has 11 heteroatoms. The van der Waals surface area contributed by atoms with Crippen molar-refractivity contribution in [3.63, 3.8) is 0 Å². The molecule has 1 saturated heterocycles. The maximum absolute atomic E-state index is 11.6. The van der Waals surface area contributed by atoms with Crippen molar-refractivity contribution in [2.45, 2.75) is 74.6 Å². The van der Waals surface area contributed by atoms with Gasteiger partial charge < -0.3 is 49.6 Å². The van der Waals surface area contributed by atoms with Crippen molar-refractivity contribution in [1.82, 2.24) is 0 Å². The molecule has 0 amide bonds. The van der Waals surface area contributed by atoms with Gasteiger partial charge in [0.15, 0.2) is 6.29 Å². The van der Waals surface area contributed by atoms with Gasteiger partial charge in [0.05, 0.1) is 24.9 Å². The van der Waals surface area contributed by atoms with Crippen LogP contribution in [0.5, 0.6) is 0 Å². The van der Waals surface area contributed by atoms with E-state index in [4.69, 9.17) is 18.9 Å². The lowest BCUT2D eigenvalue weighted by Crippen LogP contribution is -2.62. The largest absolute Gasteiger partial charge is 0.472 e. The number of hydrogen-bond donors (Lipinski definition) is 6. The fraction of sp³-hybridized carbons (Fsp3) is 0.824. The van der Waals surface area contributed by atoms with Gasteiger partial charge in [-0.3, -0.25) is 4.79 Å². The predicted molar refractivity (Wildman–Crippen MR) is 88.1 cm³/mol. The Hall–Kier alpha value is -1.31. The molecule has 10 atom stereocenters. The first-order valence-electron chi connectivity index (χ1n) is 8.92. The second-order valence-electron chi connectivity index (χ2n) is 7.63. The van der Waals surface area contributed by atoms with Gasteiger partial charge in [-0.1, -0.05) is 0 Å². The van der Waals surface area contributed by atoms with E-state index in [9.17, 15) is 35.4 Å². The first-order valence-corrected chi connectivity index (χ1v) is 8.92. The number of rotatable bonds is 4. The van der Waals surface area contributed by atoms with E-state index < -0.39 is 72.8 Å². The summed E-state index contributed by atoms with van der Waals surface area (Å²) in [5.41, 5.74) is -3.22. The van der Waals surface area contributed by atoms with Crippen molar-refractivity contribution in [3.05, 3.63) is 12.3 Å². The first-order chi connectivity index (χ1) is 13.0. The van der Waals surface area contributed by atoms with Gasteiger partial charge in [-0.05, 0) is 13.0 Å². The van der Waals surface area contributed by atoms with Gasteiger partial charge in [0.25, 0.3) is 0 Å². The highest BCUT2D eigenvalue weighted by Crippen LogP contribution is 2.51. The van der Waals surface area contributed by atoms with Crippen LogP contribution in [0.2, 0.25) is 0 Å². The van der Waals surface area contributed by atoms with Crippen LogP contribution in [-0.4, -0.2) is 97.5 Å². The van der Waals surface area contributed by atoms with E-state index in [0.29, 0.717) is 0 Å². The zero-order valence-electron chi connectivity index (χ0n) is 15.4. The Kier molecular flexibility index (Phi) is 5.73. The summed E-state index contributed by atoms with van der Waals surface area (Å²) in [6, 6.07) is 0. The average Bonchev–Trinajstić information content (AvgIpc) is 2.81. The van der Waals surface area contributed by atoms with E-state index in [1.54, 1.807) is 0 Å². The molecule has 160 valence electrons. The highest BCUT2D eigenvalue weighted by molar-refractivity contribution is 5.66. The molecule has 1 aliphatic carbocycles. The van der Waals surface area contributed by atoms with Gasteiger partial charge in [-0.2, -0.15) is 0 Å². The topological polar surface area (TPSA) is 175 Å². The number of aliphatic hydroxyl groups excluding tert-OH is 5. The molecule has 0 aromatic heterocycles. The first kappa shape index (κ1) is 21.4. The fourth-order valence-corrected chi connectivity index (χ4v) is 4.25. The summed E-state index contributed by atoms with van der Waals surface area (Å²) >= 11 is 0. The zero-order valence-corrected chi connectivity index (χ0v) is 15.4. The monoisotopic (exact) mass is 406 g/mol. The lowest BCUT2D eigenvalue weighted by Gasteiger charge is -2.45. The molecular formula is C17H26O11. The number of carbonyl (C=O) groups excluding carboxylic acids is 1. The molecule has 3 rings (SSSR count). The Labute approximate surface area is 160 Å². The van der Waals surface area contributed by atoms with Gasteiger partial charge in [0.2, 0.25) is 6.29 Å². The van der Waals surface area contributed by atoms with E-state index in [-0.39, 0.29) is 6.42 Å². The molecule has 0 radical (unpaired) electrons. The molecular weight excluding hydrogens is 380 g/mol. The maximum atomic E-state index is 11.6. The van der Waals surface area contributed by atoms with E-state index in [1.807, 2.05) is 0 Å². The van der Waals surface area contributed by atoms with Gasteiger partial charge in [-0.15, -0.1) is 0 Å². The van der Waals surface area contributed by atoms with Crippen LogP contribution in [-0.2, 0) is 23.7 Å². The number of carbonyl (C=O) groups is 1. The number of fused-ring (bicyclic) bond motifs is 1. The smallest absolute Gasteiger partial charge is 0.303 e. The quantitative estimate of drug-likeness (QED) is 0.264. The Balaban J connectivity index is 1.87. The summed E-state index contributed by atoms with van der Waals surface area (Å²) in [7, 11) is 0. The van der Waals surface area contributed by atoms with Crippen LogP contribution in [0.3, 0.4) is 0 Å². The molecule has 6 N–H and O–H groups in total. The lowest BCUT2D eigenvalue weighted by atomic mass is 9.81. The standard InChI is InChI=1S/C17H26O11/c1-7(19)28-16(2)5-9(20)17(24)3-4-25-15(13(16)17)27-14-12(23)11(22)10(21)8(6-18)26-14/h3-4,8-15,18,20-24H,5-6H2,1-2H3/t8?,9-,10?,11?,12?,13-,14?,15+,16+,17-/m1/s1. The number of ether oxygens (including phenoxy) is 4. The van der Waals surface area contributed by atoms with Crippen LogP contribution in [0.15, 0.2) is 12.3 Å². The van der Waals surface area contributed by atoms with Gasteiger partial charge in [-0.25, -0.2) is 0 Å². The number of esters is 1. The van der Waals surface area contributed by atoms with Crippen LogP contribution in [0, 0.1) is 5.92 Å². The minimum absolute atomic E-state index is 0.101. The summed E-state index contributed by atoms with van der Waals surface area (Å²) in [4.78, 5) is 11.6. The highest BCUT2D eigenvalue weighted by atomic mass is 16.8. The summed E-state index contributed by atoms with van der Waals surface area (Å²) in [6.45, 7) is 2.04. The van der Waals surface area contributed by atoms with Gasteiger partial charge in [0.1, 0.15) is 35.6 Å². The molecule has 2 fully saturated rings. The third-order valence-corrected chi connectivity index (χ3v) is 5.60. The molecule has 5 unspecified atom stereocenters. The van der Waals surface area contributed by atoms with E-state index in [1.165, 1.54) is 19.9 Å². The highest BCUT2D eigenvalue weighted by Gasteiger charge is 2.66. The second kappa shape index (κ2) is 7.50. The van der Waals surface area contributed by atoms with E-state index in [0.717, 1.165) is 6.26 Å². The van der Waals surface area contributed by atoms with Crippen LogP contribution in [0.25, 0.3) is 0 Å². The van der Waals surface area contributed by atoms with Crippen molar-refractivity contribution in [2.75, 3.05) is 6.61 Å². The minimum Gasteiger partial charge on any atom is -0.472 e. The molecule has 28 heavy (non-hydrogen) atoms. The lowest BCUT2D eigenvalue weighted by molar-refractivity contribution is -0.351. The Morgan fingerprint density at radius 2 is 1.86 bits per heavy atom. The SMILES string of the molecule is CC(=O)O[C@@]1(C)C[C@@H](O)[C@]2(O)C=CO[C@@H](OC3OC(CO)C(O)C(O)C3O)[C@@H]21.